The van der Waals surface area contributed by atoms with Crippen molar-refractivity contribution in [3.05, 3.63) is 18.1 Å². The number of aromatic nitrogens is 1. The molecular formula is C10H15FN2O. The lowest BCUT2D eigenvalue weighted by atomic mass is 10.1. The zero-order valence-corrected chi connectivity index (χ0v) is 8.67. The van der Waals surface area contributed by atoms with Crippen LogP contribution in [0.1, 0.15) is 27.2 Å². The molecule has 0 aromatic carbocycles. The van der Waals surface area contributed by atoms with E-state index >= 15 is 0 Å². The Morgan fingerprint density at radius 3 is 2.71 bits per heavy atom. The molecule has 14 heavy (non-hydrogen) atoms. The standard InChI is InChI=1S/C10H15FN2O/c1-4-10(2,3)14-9-8(12)5-7(11)6-13-9/h5-6H,4,12H2,1-3H3. The SMILES string of the molecule is CCC(C)(C)Oc1ncc(F)cc1N. The lowest BCUT2D eigenvalue weighted by Gasteiger charge is -2.24. The highest BCUT2D eigenvalue weighted by atomic mass is 19.1. The van der Waals surface area contributed by atoms with Crippen LogP contribution in [0, 0.1) is 5.82 Å². The maximum atomic E-state index is 12.7. The fourth-order valence-electron chi connectivity index (χ4n) is 0.862. The Labute approximate surface area is 83.1 Å². The minimum atomic E-state index is -0.454. The summed E-state index contributed by atoms with van der Waals surface area (Å²) >= 11 is 0. The lowest BCUT2D eigenvalue weighted by Crippen LogP contribution is -2.27. The Bertz CT molecular complexity index is 326. The summed E-state index contributed by atoms with van der Waals surface area (Å²) in [6.07, 6.45) is 1.92. The third-order valence-electron chi connectivity index (χ3n) is 2.07. The molecule has 1 aromatic rings. The summed E-state index contributed by atoms with van der Waals surface area (Å²) < 4.78 is 18.2. The van der Waals surface area contributed by atoms with Gasteiger partial charge in [0.05, 0.1) is 11.9 Å². The molecule has 0 saturated carbocycles. The second-order valence-corrected chi connectivity index (χ2v) is 3.76. The maximum Gasteiger partial charge on any atom is 0.237 e. The van der Waals surface area contributed by atoms with E-state index in [1.807, 2.05) is 20.8 Å². The highest BCUT2D eigenvalue weighted by molar-refractivity contribution is 5.47. The molecule has 1 heterocycles. The van der Waals surface area contributed by atoms with Crippen LogP contribution in [-0.4, -0.2) is 10.6 Å². The van der Waals surface area contributed by atoms with Crippen molar-refractivity contribution in [1.82, 2.24) is 4.98 Å². The Kier molecular flexibility index (Phi) is 2.93. The van der Waals surface area contributed by atoms with E-state index in [1.165, 1.54) is 6.07 Å². The van der Waals surface area contributed by atoms with E-state index in [2.05, 4.69) is 4.98 Å². The zero-order valence-electron chi connectivity index (χ0n) is 8.67. The molecule has 0 radical (unpaired) electrons. The van der Waals surface area contributed by atoms with Crippen molar-refractivity contribution < 1.29 is 9.13 Å². The Morgan fingerprint density at radius 2 is 2.21 bits per heavy atom. The number of halogens is 1. The van der Waals surface area contributed by atoms with Gasteiger partial charge < -0.3 is 10.5 Å². The zero-order chi connectivity index (χ0) is 10.8. The van der Waals surface area contributed by atoms with Crippen LogP contribution in [0.3, 0.4) is 0 Å². The van der Waals surface area contributed by atoms with Gasteiger partial charge in [-0.15, -0.1) is 0 Å². The normalized spacial score (nSPS) is 11.4. The first-order valence-electron chi connectivity index (χ1n) is 4.54. The molecule has 4 heteroatoms. The fourth-order valence-corrected chi connectivity index (χ4v) is 0.862. The van der Waals surface area contributed by atoms with Crippen LogP contribution in [0.5, 0.6) is 5.88 Å². The Morgan fingerprint density at radius 1 is 1.57 bits per heavy atom. The van der Waals surface area contributed by atoms with E-state index in [-0.39, 0.29) is 11.3 Å². The molecule has 0 saturated heterocycles. The smallest absolute Gasteiger partial charge is 0.237 e. The van der Waals surface area contributed by atoms with Gasteiger partial charge in [0.15, 0.2) is 0 Å². The molecule has 0 aliphatic heterocycles. The molecule has 0 bridgehead atoms. The summed E-state index contributed by atoms with van der Waals surface area (Å²) in [6, 6.07) is 1.20. The van der Waals surface area contributed by atoms with E-state index in [4.69, 9.17) is 10.5 Å². The van der Waals surface area contributed by atoms with E-state index in [0.29, 0.717) is 5.88 Å². The van der Waals surface area contributed by atoms with Crippen molar-refractivity contribution in [3.8, 4) is 5.88 Å². The summed E-state index contributed by atoms with van der Waals surface area (Å²) in [7, 11) is 0. The minimum Gasteiger partial charge on any atom is -0.470 e. The maximum absolute atomic E-state index is 12.7. The van der Waals surface area contributed by atoms with Crippen LogP contribution >= 0.6 is 0 Å². The first kappa shape index (κ1) is 10.8. The summed E-state index contributed by atoms with van der Waals surface area (Å²) in [5.41, 5.74) is 5.45. The molecule has 1 aromatic heterocycles. The van der Waals surface area contributed by atoms with Gasteiger partial charge in [0.1, 0.15) is 11.4 Å². The van der Waals surface area contributed by atoms with Crippen LogP contribution in [0.25, 0.3) is 0 Å². The van der Waals surface area contributed by atoms with Gasteiger partial charge in [-0.2, -0.15) is 0 Å². The highest BCUT2D eigenvalue weighted by Crippen LogP contribution is 2.24. The van der Waals surface area contributed by atoms with Gasteiger partial charge in [-0.1, -0.05) is 6.92 Å². The number of nitrogen functional groups attached to an aromatic ring is 1. The summed E-state index contributed by atoms with van der Waals surface area (Å²) in [4.78, 5) is 3.79. The first-order valence-corrected chi connectivity index (χ1v) is 4.54. The van der Waals surface area contributed by atoms with E-state index in [1.54, 1.807) is 0 Å². The fraction of sp³-hybridized carbons (Fsp3) is 0.500. The molecule has 0 amide bonds. The topological polar surface area (TPSA) is 48.1 Å². The number of hydrogen-bond acceptors (Lipinski definition) is 3. The van der Waals surface area contributed by atoms with Crippen molar-refractivity contribution in [1.29, 1.82) is 0 Å². The van der Waals surface area contributed by atoms with Gasteiger partial charge in [0.25, 0.3) is 0 Å². The van der Waals surface area contributed by atoms with E-state index < -0.39 is 5.82 Å². The van der Waals surface area contributed by atoms with Gasteiger partial charge in [-0.3, -0.25) is 0 Å². The predicted molar refractivity (Wildman–Crippen MR) is 53.6 cm³/mol. The molecule has 3 nitrogen and oxygen atoms in total. The second-order valence-electron chi connectivity index (χ2n) is 3.76. The Balaban J connectivity index is 2.87. The average Bonchev–Trinajstić information content (AvgIpc) is 2.10. The molecule has 0 spiro atoms. The minimum absolute atomic E-state index is 0.228. The number of hydrogen-bond donors (Lipinski definition) is 1. The van der Waals surface area contributed by atoms with Gasteiger partial charge >= 0.3 is 0 Å². The van der Waals surface area contributed by atoms with Crippen molar-refractivity contribution in [2.45, 2.75) is 32.8 Å². The highest BCUT2D eigenvalue weighted by Gasteiger charge is 2.19. The molecule has 1 rings (SSSR count). The van der Waals surface area contributed by atoms with Crippen LogP contribution in [0.2, 0.25) is 0 Å². The molecule has 78 valence electrons. The van der Waals surface area contributed by atoms with Crippen molar-refractivity contribution in [3.63, 3.8) is 0 Å². The molecular weight excluding hydrogens is 183 g/mol. The van der Waals surface area contributed by atoms with Crippen molar-refractivity contribution in [2.75, 3.05) is 5.73 Å². The molecule has 0 fully saturated rings. The molecule has 0 aliphatic carbocycles. The molecule has 0 atom stereocenters. The van der Waals surface area contributed by atoms with Gasteiger partial charge in [0.2, 0.25) is 5.88 Å². The van der Waals surface area contributed by atoms with Crippen LogP contribution in [-0.2, 0) is 0 Å². The average molecular weight is 198 g/mol. The molecule has 0 aliphatic rings. The van der Waals surface area contributed by atoms with E-state index in [9.17, 15) is 4.39 Å². The van der Waals surface area contributed by atoms with Gasteiger partial charge in [0, 0.05) is 6.07 Å². The third kappa shape index (κ3) is 2.58. The molecule has 0 unspecified atom stereocenters. The summed E-state index contributed by atoms with van der Waals surface area (Å²) in [5.74, 6) is -0.164. The summed E-state index contributed by atoms with van der Waals surface area (Å²) in [6.45, 7) is 5.86. The first-order chi connectivity index (χ1) is 6.44. The predicted octanol–water partition coefficient (Wildman–Crippen LogP) is 2.37. The summed E-state index contributed by atoms with van der Waals surface area (Å²) in [5, 5.41) is 0. The van der Waals surface area contributed by atoms with Gasteiger partial charge in [-0.05, 0) is 20.3 Å². The number of nitrogens with two attached hydrogens (primary N) is 1. The van der Waals surface area contributed by atoms with Crippen LogP contribution in [0.15, 0.2) is 12.3 Å². The number of nitrogens with zero attached hydrogens (tertiary/aromatic N) is 1. The Hall–Kier alpha value is -1.32. The van der Waals surface area contributed by atoms with Crippen molar-refractivity contribution in [2.24, 2.45) is 0 Å². The second kappa shape index (κ2) is 3.82. The number of pyridine rings is 1. The largest absolute Gasteiger partial charge is 0.470 e. The van der Waals surface area contributed by atoms with Crippen molar-refractivity contribution >= 4 is 5.69 Å². The lowest BCUT2D eigenvalue weighted by molar-refractivity contribution is 0.0999. The monoisotopic (exact) mass is 198 g/mol. The quantitative estimate of drug-likeness (QED) is 0.811. The van der Waals surface area contributed by atoms with Crippen LogP contribution < -0.4 is 10.5 Å². The number of ether oxygens (including phenoxy) is 1. The third-order valence-corrected chi connectivity index (χ3v) is 2.07. The van der Waals surface area contributed by atoms with E-state index in [0.717, 1.165) is 12.6 Å². The van der Waals surface area contributed by atoms with Gasteiger partial charge in [-0.25, -0.2) is 9.37 Å². The molecule has 2 N–H and O–H groups in total. The van der Waals surface area contributed by atoms with Crippen LogP contribution in [0.4, 0.5) is 10.1 Å². The number of rotatable bonds is 3. The number of anilines is 1.